The number of likely N-dealkylation sites (tertiary alicyclic amines) is 1. The van der Waals surface area contributed by atoms with Gasteiger partial charge in [-0.25, -0.2) is 4.79 Å². The van der Waals surface area contributed by atoms with E-state index < -0.39 is 23.5 Å². The molecule has 2 atom stereocenters. The maximum atomic E-state index is 12.9. The third-order valence-electron chi connectivity index (χ3n) is 5.56. The summed E-state index contributed by atoms with van der Waals surface area (Å²) in [5.74, 6) is -1.16. The lowest BCUT2D eigenvalue weighted by atomic mass is 9.90. The van der Waals surface area contributed by atoms with Gasteiger partial charge in [0.25, 0.3) is 5.91 Å². The highest BCUT2D eigenvalue weighted by molar-refractivity contribution is 5.98. The number of nitrogens with zero attached hydrogens (tertiary/aromatic N) is 1. The smallest absolute Gasteiger partial charge is 0.331 e. The molecule has 0 radical (unpaired) electrons. The molecule has 2 aromatic carbocycles. The molecule has 1 heterocycles. The molecule has 1 aliphatic rings. The molecule has 0 spiro atoms. The number of methoxy groups -OCH3 is 1. The van der Waals surface area contributed by atoms with Crippen molar-refractivity contribution in [1.82, 2.24) is 10.2 Å². The SMILES string of the molecule is COC(=O)[C@]1(NC(=O)c2ccccc2)CCC(=O)N([C@H](CO)c2ccccc2)CC1. The Morgan fingerprint density at radius 1 is 1.10 bits per heavy atom. The number of aliphatic hydroxyl groups is 1. The van der Waals surface area contributed by atoms with E-state index in [1.807, 2.05) is 30.3 Å². The molecule has 0 saturated carbocycles. The molecule has 1 aliphatic heterocycles. The summed E-state index contributed by atoms with van der Waals surface area (Å²) in [6, 6.07) is 17.3. The van der Waals surface area contributed by atoms with Gasteiger partial charge in [0.15, 0.2) is 0 Å². The van der Waals surface area contributed by atoms with Crippen LogP contribution in [0, 0.1) is 0 Å². The molecule has 2 aromatic rings. The molecule has 3 rings (SSSR count). The summed E-state index contributed by atoms with van der Waals surface area (Å²) in [6.45, 7) is -0.0412. The van der Waals surface area contributed by atoms with Crippen molar-refractivity contribution in [2.75, 3.05) is 20.3 Å². The minimum absolute atomic E-state index is 0.0491. The molecule has 0 bridgehead atoms. The highest BCUT2D eigenvalue weighted by Gasteiger charge is 2.45. The predicted molar refractivity (Wildman–Crippen MR) is 110 cm³/mol. The Morgan fingerprint density at radius 3 is 2.33 bits per heavy atom. The first-order chi connectivity index (χ1) is 14.5. The third-order valence-corrected chi connectivity index (χ3v) is 5.56. The molecule has 7 nitrogen and oxygen atoms in total. The number of aliphatic hydroxyl groups excluding tert-OH is 1. The Balaban J connectivity index is 1.86. The van der Waals surface area contributed by atoms with Crippen LogP contribution < -0.4 is 5.32 Å². The molecule has 1 saturated heterocycles. The number of hydrogen-bond acceptors (Lipinski definition) is 5. The van der Waals surface area contributed by atoms with Crippen molar-refractivity contribution in [3.63, 3.8) is 0 Å². The Morgan fingerprint density at radius 2 is 1.73 bits per heavy atom. The monoisotopic (exact) mass is 410 g/mol. The fraction of sp³-hybridized carbons (Fsp3) is 0.348. The number of carbonyl (C=O) groups is 3. The van der Waals surface area contributed by atoms with E-state index in [1.54, 1.807) is 35.2 Å². The van der Waals surface area contributed by atoms with Crippen LogP contribution in [0.15, 0.2) is 60.7 Å². The Labute approximate surface area is 175 Å². The van der Waals surface area contributed by atoms with Crippen molar-refractivity contribution < 1.29 is 24.2 Å². The standard InChI is InChI=1S/C23H26N2O5/c1-30-22(29)23(24-21(28)18-10-6-3-7-11-18)13-12-20(27)25(15-14-23)19(16-26)17-8-4-2-5-9-17/h2-11,19,26H,12-16H2,1H3,(H,24,28)/t19-,23+/m1/s1. The topological polar surface area (TPSA) is 95.9 Å². The van der Waals surface area contributed by atoms with Crippen molar-refractivity contribution in [1.29, 1.82) is 0 Å². The first kappa shape index (κ1) is 21.5. The molecule has 0 aliphatic carbocycles. The van der Waals surface area contributed by atoms with Crippen LogP contribution in [0.25, 0.3) is 0 Å². The molecule has 2 N–H and O–H groups in total. The van der Waals surface area contributed by atoms with Gasteiger partial charge in [-0.3, -0.25) is 9.59 Å². The van der Waals surface area contributed by atoms with Crippen molar-refractivity contribution in [3.8, 4) is 0 Å². The van der Waals surface area contributed by atoms with Crippen LogP contribution in [-0.2, 0) is 14.3 Å². The van der Waals surface area contributed by atoms with Gasteiger partial charge in [0, 0.05) is 18.5 Å². The van der Waals surface area contributed by atoms with Gasteiger partial charge in [-0.05, 0) is 30.5 Å². The third kappa shape index (κ3) is 4.52. The average molecular weight is 410 g/mol. The van der Waals surface area contributed by atoms with Crippen molar-refractivity contribution in [3.05, 3.63) is 71.8 Å². The second-order valence-electron chi connectivity index (χ2n) is 7.34. The second kappa shape index (κ2) is 9.54. The summed E-state index contributed by atoms with van der Waals surface area (Å²) in [5, 5.41) is 12.8. The van der Waals surface area contributed by atoms with Crippen LogP contribution in [-0.4, -0.2) is 53.6 Å². The van der Waals surface area contributed by atoms with E-state index in [1.165, 1.54) is 7.11 Å². The zero-order valence-corrected chi connectivity index (χ0v) is 16.9. The summed E-state index contributed by atoms with van der Waals surface area (Å²) >= 11 is 0. The maximum Gasteiger partial charge on any atom is 0.331 e. The van der Waals surface area contributed by atoms with Crippen molar-refractivity contribution in [2.24, 2.45) is 0 Å². The second-order valence-corrected chi connectivity index (χ2v) is 7.34. The molecule has 7 heteroatoms. The van der Waals surface area contributed by atoms with Gasteiger partial charge in [-0.2, -0.15) is 0 Å². The quantitative estimate of drug-likeness (QED) is 0.711. The number of hydrogen-bond donors (Lipinski definition) is 2. The zero-order valence-electron chi connectivity index (χ0n) is 16.9. The highest BCUT2D eigenvalue weighted by atomic mass is 16.5. The number of carbonyl (C=O) groups excluding carboxylic acids is 3. The number of amides is 2. The number of benzene rings is 2. The van der Waals surface area contributed by atoms with Crippen molar-refractivity contribution >= 4 is 17.8 Å². The molecular formula is C23H26N2O5. The molecular weight excluding hydrogens is 384 g/mol. The van der Waals surface area contributed by atoms with Crippen LogP contribution in [0.1, 0.15) is 41.2 Å². The number of ether oxygens (including phenoxy) is 1. The fourth-order valence-corrected chi connectivity index (χ4v) is 3.87. The Hall–Kier alpha value is -3.19. The van der Waals surface area contributed by atoms with Crippen LogP contribution in [0.4, 0.5) is 0 Å². The van der Waals surface area contributed by atoms with Crippen LogP contribution in [0.5, 0.6) is 0 Å². The molecule has 2 amide bonds. The van der Waals surface area contributed by atoms with Gasteiger partial charge >= 0.3 is 5.97 Å². The Bertz CT molecular complexity index is 887. The van der Waals surface area contributed by atoms with Gasteiger partial charge < -0.3 is 20.1 Å². The first-order valence-electron chi connectivity index (χ1n) is 9.92. The number of esters is 1. The van der Waals surface area contributed by atoms with E-state index >= 15 is 0 Å². The van der Waals surface area contributed by atoms with E-state index in [0.29, 0.717) is 5.56 Å². The van der Waals surface area contributed by atoms with Gasteiger partial charge in [0.2, 0.25) is 5.91 Å². The van der Waals surface area contributed by atoms with E-state index in [4.69, 9.17) is 4.74 Å². The largest absolute Gasteiger partial charge is 0.467 e. The van der Waals surface area contributed by atoms with Crippen molar-refractivity contribution in [2.45, 2.75) is 30.8 Å². The Kier molecular flexibility index (Phi) is 6.84. The first-order valence-corrected chi connectivity index (χ1v) is 9.92. The molecule has 158 valence electrons. The van der Waals surface area contributed by atoms with Crippen LogP contribution in [0.3, 0.4) is 0 Å². The minimum Gasteiger partial charge on any atom is -0.467 e. The maximum absolute atomic E-state index is 12.9. The molecule has 1 fully saturated rings. The van der Waals surface area contributed by atoms with E-state index in [2.05, 4.69) is 5.32 Å². The zero-order chi connectivity index (χ0) is 21.6. The normalized spacial score (nSPS) is 20.2. The molecule has 0 aromatic heterocycles. The summed E-state index contributed by atoms with van der Waals surface area (Å²) in [5.41, 5.74) is -0.0825. The summed E-state index contributed by atoms with van der Waals surface area (Å²) in [7, 11) is 1.27. The summed E-state index contributed by atoms with van der Waals surface area (Å²) < 4.78 is 4.99. The van der Waals surface area contributed by atoms with Gasteiger partial charge in [-0.1, -0.05) is 48.5 Å². The minimum atomic E-state index is -1.32. The van der Waals surface area contributed by atoms with Gasteiger partial charge in [0.05, 0.1) is 19.8 Å². The van der Waals surface area contributed by atoms with E-state index in [-0.39, 0.29) is 38.3 Å². The van der Waals surface area contributed by atoms with Gasteiger partial charge in [0.1, 0.15) is 5.54 Å². The number of rotatable bonds is 6. The molecule has 30 heavy (non-hydrogen) atoms. The van der Waals surface area contributed by atoms with Crippen LogP contribution >= 0.6 is 0 Å². The van der Waals surface area contributed by atoms with E-state index in [0.717, 1.165) is 5.56 Å². The fourth-order valence-electron chi connectivity index (χ4n) is 3.87. The summed E-state index contributed by atoms with van der Waals surface area (Å²) in [6.07, 6.45) is 0.362. The lowest BCUT2D eigenvalue weighted by Gasteiger charge is -2.32. The van der Waals surface area contributed by atoms with E-state index in [9.17, 15) is 19.5 Å². The average Bonchev–Trinajstić information content (AvgIpc) is 2.95. The predicted octanol–water partition coefficient (Wildman–Crippen LogP) is 2.07. The summed E-state index contributed by atoms with van der Waals surface area (Å²) in [4.78, 5) is 40.0. The number of nitrogens with one attached hydrogen (secondary N) is 1. The van der Waals surface area contributed by atoms with Crippen LogP contribution in [0.2, 0.25) is 0 Å². The van der Waals surface area contributed by atoms with Gasteiger partial charge in [-0.15, -0.1) is 0 Å². The lowest BCUT2D eigenvalue weighted by Crippen LogP contribution is -2.55. The lowest BCUT2D eigenvalue weighted by molar-refractivity contribution is -0.148. The molecule has 0 unspecified atom stereocenters. The highest BCUT2D eigenvalue weighted by Crippen LogP contribution is 2.30.